The quantitative estimate of drug-likeness (QED) is 0.641. The van der Waals surface area contributed by atoms with Gasteiger partial charge < -0.3 is 18.4 Å². The first kappa shape index (κ1) is 18.9. The molecular weight excluding hydrogens is 264 g/mol. The molecule has 0 aromatic rings. The topological polar surface area (TPSA) is 18.5 Å². The maximum atomic E-state index is 6.25. The monoisotopic (exact) mass is 302 g/mol. The van der Waals surface area contributed by atoms with Crippen molar-refractivity contribution in [3.05, 3.63) is 0 Å². The third-order valence-electron chi connectivity index (χ3n) is 5.58. The molecule has 1 saturated heterocycles. The van der Waals surface area contributed by atoms with Gasteiger partial charge in [-0.15, -0.1) is 0 Å². The Labute approximate surface area is 132 Å². The molecule has 126 valence electrons. The van der Waals surface area contributed by atoms with Crippen LogP contribution in [0.15, 0.2) is 0 Å². The Morgan fingerprint density at radius 1 is 0.714 bits per heavy atom. The van der Waals surface area contributed by atoms with E-state index in [1.807, 2.05) is 13.8 Å². The highest BCUT2D eigenvalue weighted by atomic mass is 16.8. The van der Waals surface area contributed by atoms with Gasteiger partial charge in [-0.3, -0.25) is 0 Å². The van der Waals surface area contributed by atoms with Gasteiger partial charge in [0.05, 0.1) is 40.3 Å². The Morgan fingerprint density at radius 3 is 1.24 bits per heavy atom. The smallest absolute Gasteiger partial charge is 0.164 e. The summed E-state index contributed by atoms with van der Waals surface area (Å²) < 4.78 is 14.6. The molecule has 0 amide bonds. The largest absolute Gasteiger partial charge is 0.338 e. The fraction of sp³-hybridized carbons (Fsp3) is 1.00. The summed E-state index contributed by atoms with van der Waals surface area (Å²) in [5.41, 5.74) is 0. The number of hydrogen-bond acceptors (Lipinski definition) is 2. The summed E-state index contributed by atoms with van der Waals surface area (Å²) in [6, 6.07) is 0. The zero-order valence-corrected chi connectivity index (χ0v) is 15.6. The SMILES string of the molecule is CC[N+](C)(CC)CC1OC(C)(C)OC1C[N+](C)(CC)CC. The highest BCUT2D eigenvalue weighted by Gasteiger charge is 2.47. The predicted octanol–water partition coefficient (Wildman–Crippen LogP) is 2.48. The predicted molar refractivity (Wildman–Crippen MR) is 88.1 cm³/mol. The van der Waals surface area contributed by atoms with Gasteiger partial charge in [-0.25, -0.2) is 0 Å². The second-order valence-corrected chi connectivity index (χ2v) is 7.58. The van der Waals surface area contributed by atoms with Crippen LogP contribution in [0.1, 0.15) is 41.5 Å². The zero-order valence-electron chi connectivity index (χ0n) is 15.6. The van der Waals surface area contributed by atoms with Gasteiger partial charge in [-0.1, -0.05) is 0 Å². The lowest BCUT2D eigenvalue weighted by atomic mass is 10.1. The number of rotatable bonds is 8. The van der Waals surface area contributed by atoms with E-state index < -0.39 is 5.79 Å². The number of ether oxygens (including phenoxy) is 2. The molecule has 4 nitrogen and oxygen atoms in total. The summed E-state index contributed by atoms with van der Waals surface area (Å²) in [4.78, 5) is 0. The molecule has 0 N–H and O–H groups in total. The van der Waals surface area contributed by atoms with E-state index in [1.165, 1.54) is 0 Å². The Morgan fingerprint density at radius 2 is 1.00 bits per heavy atom. The summed E-state index contributed by atoms with van der Waals surface area (Å²) in [5.74, 6) is -0.450. The summed E-state index contributed by atoms with van der Waals surface area (Å²) >= 11 is 0. The highest BCUT2D eigenvalue weighted by molar-refractivity contribution is 4.81. The lowest BCUT2D eigenvalue weighted by Crippen LogP contribution is -2.55. The average molecular weight is 303 g/mol. The molecule has 21 heavy (non-hydrogen) atoms. The molecule has 0 radical (unpaired) electrons. The van der Waals surface area contributed by atoms with Crippen LogP contribution in [-0.2, 0) is 9.47 Å². The van der Waals surface area contributed by atoms with E-state index in [9.17, 15) is 0 Å². The van der Waals surface area contributed by atoms with E-state index in [1.54, 1.807) is 0 Å². The molecule has 1 aliphatic rings. The second kappa shape index (κ2) is 6.95. The third-order valence-corrected chi connectivity index (χ3v) is 5.58. The van der Waals surface area contributed by atoms with Crippen LogP contribution in [0.2, 0.25) is 0 Å². The molecule has 0 aromatic carbocycles. The maximum absolute atomic E-state index is 6.25. The van der Waals surface area contributed by atoms with E-state index in [4.69, 9.17) is 9.47 Å². The Hall–Kier alpha value is -0.160. The normalized spacial score (nSPS) is 26.3. The summed E-state index contributed by atoms with van der Waals surface area (Å²) in [7, 11) is 4.64. The standard InChI is InChI=1S/C17H38N2O2/c1-9-18(7,10-2)13-15-16(21-17(5,6)20-15)14-19(8,11-3)12-4/h15-16H,9-14H2,1-8H3/q+2. The van der Waals surface area contributed by atoms with Crippen molar-refractivity contribution in [2.45, 2.75) is 59.5 Å². The van der Waals surface area contributed by atoms with Crippen LogP contribution >= 0.6 is 0 Å². The van der Waals surface area contributed by atoms with Crippen molar-refractivity contribution in [2.75, 3.05) is 53.4 Å². The van der Waals surface area contributed by atoms with Crippen molar-refractivity contribution in [3.63, 3.8) is 0 Å². The molecule has 1 fully saturated rings. The fourth-order valence-electron chi connectivity index (χ4n) is 3.05. The first-order valence-electron chi connectivity index (χ1n) is 8.65. The van der Waals surface area contributed by atoms with Crippen LogP contribution in [0.3, 0.4) is 0 Å². The van der Waals surface area contributed by atoms with Crippen LogP contribution in [-0.4, -0.2) is 80.3 Å². The molecule has 0 spiro atoms. The Bertz CT molecular complexity index is 293. The molecule has 0 bridgehead atoms. The maximum Gasteiger partial charge on any atom is 0.164 e. The van der Waals surface area contributed by atoms with Crippen molar-refractivity contribution >= 4 is 0 Å². The third kappa shape index (κ3) is 4.92. The molecule has 1 aliphatic heterocycles. The number of nitrogens with zero attached hydrogens (tertiary/aromatic N) is 2. The van der Waals surface area contributed by atoms with E-state index in [0.717, 1.165) is 48.2 Å². The number of hydrogen-bond donors (Lipinski definition) is 0. The molecule has 0 aliphatic carbocycles. The van der Waals surface area contributed by atoms with Gasteiger partial charge in [-0.05, 0) is 41.5 Å². The Kier molecular flexibility index (Phi) is 6.25. The fourth-order valence-corrected chi connectivity index (χ4v) is 3.05. The first-order valence-corrected chi connectivity index (χ1v) is 8.65. The first-order chi connectivity index (χ1) is 9.62. The van der Waals surface area contributed by atoms with Crippen molar-refractivity contribution in [1.29, 1.82) is 0 Å². The van der Waals surface area contributed by atoms with Gasteiger partial charge in [-0.2, -0.15) is 0 Å². The molecule has 4 heteroatoms. The van der Waals surface area contributed by atoms with Crippen LogP contribution in [0.5, 0.6) is 0 Å². The van der Waals surface area contributed by atoms with E-state index in [0.29, 0.717) is 0 Å². The van der Waals surface area contributed by atoms with Gasteiger partial charge in [0.2, 0.25) is 0 Å². The van der Waals surface area contributed by atoms with Gasteiger partial charge in [0.1, 0.15) is 25.3 Å². The molecular formula is C17H38N2O2+2. The molecule has 0 aromatic heterocycles. The summed E-state index contributed by atoms with van der Waals surface area (Å²) in [5, 5.41) is 0. The van der Waals surface area contributed by atoms with Crippen molar-refractivity contribution in [2.24, 2.45) is 0 Å². The van der Waals surface area contributed by atoms with E-state index >= 15 is 0 Å². The molecule has 1 heterocycles. The summed E-state index contributed by atoms with van der Waals surface area (Å²) in [6.45, 7) is 19.8. The lowest BCUT2D eigenvalue weighted by Gasteiger charge is -2.38. The van der Waals surface area contributed by atoms with E-state index in [-0.39, 0.29) is 12.2 Å². The van der Waals surface area contributed by atoms with Gasteiger partial charge in [0.25, 0.3) is 0 Å². The molecule has 1 rings (SSSR count). The summed E-state index contributed by atoms with van der Waals surface area (Å²) in [6.07, 6.45) is 0.390. The van der Waals surface area contributed by atoms with Gasteiger partial charge >= 0.3 is 0 Å². The van der Waals surface area contributed by atoms with Gasteiger partial charge in [0.15, 0.2) is 5.79 Å². The van der Waals surface area contributed by atoms with Crippen LogP contribution in [0.25, 0.3) is 0 Å². The lowest BCUT2D eigenvalue weighted by molar-refractivity contribution is -0.916. The Balaban J connectivity index is 2.84. The van der Waals surface area contributed by atoms with Crippen LogP contribution < -0.4 is 0 Å². The minimum Gasteiger partial charge on any atom is -0.338 e. The molecule has 2 atom stereocenters. The van der Waals surface area contributed by atoms with Crippen molar-refractivity contribution in [3.8, 4) is 0 Å². The van der Waals surface area contributed by atoms with Crippen molar-refractivity contribution in [1.82, 2.24) is 0 Å². The molecule has 0 saturated carbocycles. The molecule has 2 unspecified atom stereocenters. The van der Waals surface area contributed by atoms with E-state index in [2.05, 4.69) is 41.8 Å². The minimum absolute atomic E-state index is 0.195. The number of likely N-dealkylation sites (N-methyl/N-ethyl adjacent to an activating group) is 2. The number of quaternary nitrogens is 2. The average Bonchev–Trinajstić information content (AvgIpc) is 2.72. The zero-order chi connectivity index (χ0) is 16.3. The van der Waals surface area contributed by atoms with Crippen LogP contribution in [0, 0.1) is 0 Å². The second-order valence-electron chi connectivity index (χ2n) is 7.58. The minimum atomic E-state index is -0.450. The van der Waals surface area contributed by atoms with Crippen molar-refractivity contribution < 1.29 is 18.4 Å². The highest BCUT2D eigenvalue weighted by Crippen LogP contribution is 2.31. The van der Waals surface area contributed by atoms with Gasteiger partial charge in [0, 0.05) is 0 Å². The van der Waals surface area contributed by atoms with Crippen LogP contribution in [0.4, 0.5) is 0 Å².